The van der Waals surface area contributed by atoms with E-state index in [0.717, 1.165) is 0 Å². The Hall–Kier alpha value is -2.29. The summed E-state index contributed by atoms with van der Waals surface area (Å²) in [6, 6.07) is 29.5. The predicted molar refractivity (Wildman–Crippen MR) is 160 cm³/mol. The molecule has 0 saturated carbocycles. The van der Waals surface area contributed by atoms with Crippen LogP contribution in [-0.2, 0) is 19.0 Å². The van der Waals surface area contributed by atoms with E-state index in [2.05, 4.69) is 69.3 Å². The summed E-state index contributed by atoms with van der Waals surface area (Å²) in [6.45, 7) is 9.08. The van der Waals surface area contributed by atoms with E-state index in [1.165, 1.54) is 10.4 Å². The molecule has 1 aliphatic rings. The molecule has 0 aliphatic carbocycles. The van der Waals surface area contributed by atoms with Crippen molar-refractivity contribution in [3.05, 3.63) is 91.0 Å². The molecule has 0 radical (unpaired) electrons. The van der Waals surface area contributed by atoms with Gasteiger partial charge in [0.05, 0.1) is 35.6 Å². The number of sulfone groups is 1. The average molecular weight is 567 g/mol. The quantitative estimate of drug-likeness (QED) is 0.351. The fourth-order valence-corrected chi connectivity index (χ4v) is 12.2. The van der Waals surface area contributed by atoms with Crippen LogP contribution in [0.4, 0.5) is 0 Å². The van der Waals surface area contributed by atoms with Gasteiger partial charge >= 0.3 is 0 Å². The van der Waals surface area contributed by atoms with Crippen molar-refractivity contribution in [2.45, 2.75) is 75.2 Å². The lowest BCUT2D eigenvalue weighted by Crippen LogP contribution is -2.67. The van der Waals surface area contributed by atoms with Gasteiger partial charge in [-0.05, 0) is 46.8 Å². The van der Waals surface area contributed by atoms with E-state index in [-0.39, 0.29) is 22.8 Å². The third-order valence-corrected chi connectivity index (χ3v) is 14.8. The second-order valence-corrected chi connectivity index (χ2v) is 17.9. The number of hydrogen-bond acceptors (Lipinski definition) is 5. The van der Waals surface area contributed by atoms with Crippen LogP contribution < -0.4 is 10.4 Å². The second-order valence-electron chi connectivity index (χ2n) is 11.6. The highest BCUT2D eigenvalue weighted by atomic mass is 32.2. The molecule has 1 fully saturated rings. The molecule has 39 heavy (non-hydrogen) atoms. The van der Waals surface area contributed by atoms with E-state index < -0.39 is 30.4 Å². The molecule has 5 nitrogen and oxygen atoms in total. The number of ether oxygens (including phenoxy) is 1. The molecule has 1 saturated heterocycles. The summed E-state index contributed by atoms with van der Waals surface area (Å²) in [6.07, 6.45) is 0.323. The highest BCUT2D eigenvalue weighted by Crippen LogP contribution is 2.38. The Morgan fingerprint density at radius 3 is 1.90 bits per heavy atom. The van der Waals surface area contributed by atoms with Gasteiger partial charge in [0.1, 0.15) is 0 Å². The van der Waals surface area contributed by atoms with E-state index in [0.29, 0.717) is 30.8 Å². The van der Waals surface area contributed by atoms with Gasteiger partial charge in [0, 0.05) is 5.92 Å². The lowest BCUT2D eigenvalue weighted by Gasteiger charge is -2.45. The maximum atomic E-state index is 13.2. The van der Waals surface area contributed by atoms with Crippen molar-refractivity contribution in [3.8, 4) is 0 Å². The molecule has 210 valence electrons. The molecule has 0 bridgehead atoms. The molecular weight excluding hydrogens is 525 g/mol. The van der Waals surface area contributed by atoms with Gasteiger partial charge < -0.3 is 14.3 Å². The maximum Gasteiger partial charge on any atom is 0.261 e. The molecule has 7 heteroatoms. The van der Waals surface area contributed by atoms with Crippen molar-refractivity contribution in [1.29, 1.82) is 0 Å². The summed E-state index contributed by atoms with van der Waals surface area (Å²) >= 11 is 0. The molecular formula is C32H42O5SSi. The first-order valence-corrected chi connectivity index (χ1v) is 17.5. The number of benzene rings is 3. The van der Waals surface area contributed by atoms with Crippen LogP contribution in [0, 0.1) is 5.92 Å². The molecule has 1 aliphatic heterocycles. The van der Waals surface area contributed by atoms with Gasteiger partial charge in [-0.15, -0.1) is 0 Å². The Morgan fingerprint density at radius 2 is 1.41 bits per heavy atom. The zero-order chi connectivity index (χ0) is 28.1. The summed E-state index contributed by atoms with van der Waals surface area (Å²) in [5, 5.41) is 13.2. The number of rotatable bonds is 10. The molecule has 1 N–H and O–H groups in total. The van der Waals surface area contributed by atoms with E-state index >= 15 is 0 Å². The van der Waals surface area contributed by atoms with Crippen molar-refractivity contribution in [2.24, 2.45) is 5.92 Å². The van der Waals surface area contributed by atoms with Crippen LogP contribution in [0.25, 0.3) is 0 Å². The third kappa shape index (κ3) is 6.55. The smallest absolute Gasteiger partial charge is 0.261 e. The largest absolute Gasteiger partial charge is 0.405 e. The first-order valence-electron chi connectivity index (χ1n) is 13.9. The minimum atomic E-state index is -3.50. The number of aliphatic hydroxyl groups excluding tert-OH is 1. The Kier molecular flexibility index (Phi) is 9.50. The SMILES string of the molecule is CC[C@H](CS(=O)(=O)c1ccccc1)[C@@H]1O[C@H](CO[Si](c2ccccc2)(c2ccccc2)C(C)(C)C)CC[C@H]1O. The van der Waals surface area contributed by atoms with Crippen molar-refractivity contribution in [3.63, 3.8) is 0 Å². The van der Waals surface area contributed by atoms with Gasteiger partial charge in [0.2, 0.25) is 0 Å². The van der Waals surface area contributed by atoms with E-state index in [4.69, 9.17) is 9.16 Å². The Labute approximate surface area is 235 Å². The van der Waals surface area contributed by atoms with Crippen LogP contribution in [0.5, 0.6) is 0 Å². The van der Waals surface area contributed by atoms with Crippen LogP contribution in [0.3, 0.4) is 0 Å². The Morgan fingerprint density at radius 1 is 0.897 bits per heavy atom. The van der Waals surface area contributed by atoms with Crippen molar-refractivity contribution in [2.75, 3.05) is 12.4 Å². The van der Waals surface area contributed by atoms with Crippen molar-refractivity contribution < 1.29 is 22.7 Å². The normalized spacial score (nSPS) is 21.4. The summed E-state index contributed by atoms with van der Waals surface area (Å²) in [7, 11) is -6.23. The standard InChI is InChI=1S/C32H42O5SSi/c1-5-25(24-38(34,35)27-15-9-6-10-16-27)31-30(33)22-21-26(37-31)23-36-39(32(2,3)4,28-17-11-7-12-18-28)29-19-13-8-14-20-29/h6-20,25-26,30-31,33H,5,21-24H2,1-4H3/t25-,26+,30-,31+/m1/s1. The van der Waals surface area contributed by atoms with Gasteiger partial charge in [-0.3, -0.25) is 0 Å². The highest BCUT2D eigenvalue weighted by Gasteiger charge is 2.51. The second kappa shape index (κ2) is 12.5. The molecule has 0 unspecified atom stereocenters. The molecule has 4 rings (SSSR count). The Bertz CT molecular complexity index is 1240. The molecule has 0 amide bonds. The summed E-state index contributed by atoms with van der Waals surface area (Å²) in [5.74, 6) is -0.377. The van der Waals surface area contributed by atoms with Crippen LogP contribution >= 0.6 is 0 Å². The van der Waals surface area contributed by atoms with Crippen LogP contribution in [0.15, 0.2) is 95.9 Å². The lowest BCUT2D eigenvalue weighted by molar-refractivity contribution is -0.146. The van der Waals surface area contributed by atoms with E-state index in [1.54, 1.807) is 30.3 Å². The van der Waals surface area contributed by atoms with Gasteiger partial charge in [-0.1, -0.05) is 107 Å². The molecule has 3 aromatic rings. The van der Waals surface area contributed by atoms with Gasteiger partial charge in [-0.2, -0.15) is 0 Å². The average Bonchev–Trinajstić information content (AvgIpc) is 2.94. The monoisotopic (exact) mass is 566 g/mol. The third-order valence-electron chi connectivity index (χ3n) is 7.94. The number of hydrogen-bond donors (Lipinski definition) is 1. The molecule has 1 heterocycles. The first kappa shape index (κ1) is 29.7. The molecule has 0 spiro atoms. The molecule has 3 aromatic carbocycles. The first-order chi connectivity index (χ1) is 18.6. The van der Waals surface area contributed by atoms with Crippen molar-refractivity contribution in [1.82, 2.24) is 0 Å². The van der Waals surface area contributed by atoms with Crippen LogP contribution in [-0.4, -0.2) is 52.5 Å². The van der Waals surface area contributed by atoms with Crippen molar-refractivity contribution >= 4 is 28.5 Å². The topological polar surface area (TPSA) is 72.8 Å². The minimum absolute atomic E-state index is 0.0580. The number of aliphatic hydroxyl groups is 1. The van der Waals surface area contributed by atoms with E-state index in [9.17, 15) is 13.5 Å². The van der Waals surface area contributed by atoms with Gasteiger partial charge in [0.15, 0.2) is 9.84 Å². The van der Waals surface area contributed by atoms with Gasteiger partial charge in [0.25, 0.3) is 8.32 Å². The van der Waals surface area contributed by atoms with Crippen LogP contribution in [0.1, 0.15) is 47.0 Å². The Balaban J connectivity index is 1.57. The maximum absolute atomic E-state index is 13.2. The fourth-order valence-electron chi connectivity index (χ4n) is 5.88. The van der Waals surface area contributed by atoms with E-state index in [1.807, 2.05) is 19.1 Å². The zero-order valence-electron chi connectivity index (χ0n) is 23.5. The predicted octanol–water partition coefficient (Wildman–Crippen LogP) is 4.97. The fraction of sp³-hybridized carbons (Fsp3) is 0.438. The lowest BCUT2D eigenvalue weighted by atomic mass is 9.91. The molecule has 4 atom stereocenters. The summed E-state index contributed by atoms with van der Waals surface area (Å²) < 4.78 is 39.9. The zero-order valence-corrected chi connectivity index (χ0v) is 25.3. The summed E-state index contributed by atoms with van der Waals surface area (Å²) in [5.41, 5.74) is 0. The van der Waals surface area contributed by atoms with Gasteiger partial charge in [-0.25, -0.2) is 8.42 Å². The highest BCUT2D eigenvalue weighted by molar-refractivity contribution is 7.91. The van der Waals surface area contributed by atoms with Crippen LogP contribution in [0.2, 0.25) is 5.04 Å². The molecule has 0 aromatic heterocycles. The summed E-state index contributed by atoms with van der Waals surface area (Å²) in [4.78, 5) is 0.306. The minimum Gasteiger partial charge on any atom is -0.405 e.